The van der Waals surface area contributed by atoms with Crippen molar-refractivity contribution in [1.29, 1.82) is 0 Å². The number of aromatic amines is 1. The Morgan fingerprint density at radius 2 is 1.90 bits per heavy atom. The number of carbonyl (C=O) groups excluding carboxylic acids is 1. The number of hydrogen-bond donors (Lipinski definition) is 3. The smallest absolute Gasteiger partial charge is 0.227 e. The van der Waals surface area contributed by atoms with Gasteiger partial charge in [0.15, 0.2) is 5.82 Å². The van der Waals surface area contributed by atoms with Gasteiger partial charge < -0.3 is 25.0 Å². The average Bonchev–Trinajstić information content (AvgIpc) is 3.46. The third-order valence-electron chi connectivity index (χ3n) is 7.40. The highest BCUT2D eigenvalue weighted by Crippen LogP contribution is 2.32. The van der Waals surface area contributed by atoms with E-state index in [-0.39, 0.29) is 11.8 Å². The van der Waals surface area contributed by atoms with Crippen LogP contribution >= 0.6 is 0 Å². The number of amides is 1. The van der Waals surface area contributed by atoms with E-state index in [1.165, 1.54) is 0 Å². The minimum atomic E-state index is 0.0236. The van der Waals surface area contributed by atoms with Crippen LogP contribution in [0.3, 0.4) is 0 Å². The number of likely N-dealkylation sites (tertiary alicyclic amines) is 1. The molecule has 0 atom stereocenters. The van der Waals surface area contributed by atoms with E-state index in [0.29, 0.717) is 30.6 Å². The number of nitrogens with zero attached hydrogens (tertiary/aromatic N) is 4. The fourth-order valence-corrected chi connectivity index (χ4v) is 5.07. The Labute approximate surface area is 238 Å². The maximum absolute atomic E-state index is 13.0. The summed E-state index contributed by atoms with van der Waals surface area (Å²) >= 11 is 0. The molecule has 1 saturated heterocycles. The number of aromatic nitrogens is 4. The summed E-state index contributed by atoms with van der Waals surface area (Å²) in [6.07, 6.45) is 3.52. The highest BCUT2D eigenvalue weighted by Gasteiger charge is 2.23. The highest BCUT2D eigenvalue weighted by atomic mass is 16.5. The first-order valence-corrected chi connectivity index (χ1v) is 13.8. The molecule has 1 aliphatic rings. The van der Waals surface area contributed by atoms with Gasteiger partial charge in [-0.2, -0.15) is 5.10 Å². The van der Waals surface area contributed by atoms with Gasteiger partial charge in [-0.1, -0.05) is 12.1 Å². The number of hydrogen-bond acceptors (Lipinski definition) is 8. The van der Waals surface area contributed by atoms with Gasteiger partial charge in [0.25, 0.3) is 0 Å². The van der Waals surface area contributed by atoms with Crippen LogP contribution in [0.2, 0.25) is 0 Å². The lowest BCUT2D eigenvalue weighted by Crippen LogP contribution is -2.35. The maximum atomic E-state index is 13.0. The quantitative estimate of drug-likeness (QED) is 0.214. The molecule has 0 spiro atoms. The van der Waals surface area contributed by atoms with Crippen LogP contribution in [0.25, 0.3) is 33.2 Å². The molecule has 10 heteroatoms. The standard InChI is InChI=1S/C31H33N7O3/c1-38-12-10-20(11-13-38)31(39)34-23-5-3-4-21(16-23)29-35-28-9-7-25(41-15-14-40-2)18-26(28)30(36-29)33-24-6-8-27-22(17-24)19-32-37-27/h3-9,16-20H,10-15H2,1-2H3,(H,32,37)(H,34,39)(H,33,35,36). The van der Waals surface area contributed by atoms with Gasteiger partial charge in [-0.25, -0.2) is 9.97 Å². The van der Waals surface area contributed by atoms with E-state index in [1.807, 2.05) is 60.7 Å². The summed E-state index contributed by atoms with van der Waals surface area (Å²) in [6.45, 7) is 2.81. The zero-order valence-electron chi connectivity index (χ0n) is 23.2. The van der Waals surface area contributed by atoms with Crippen LogP contribution in [0, 0.1) is 5.92 Å². The summed E-state index contributed by atoms with van der Waals surface area (Å²) in [5.41, 5.74) is 4.13. The lowest BCUT2D eigenvalue weighted by Gasteiger charge is -2.28. The molecule has 0 radical (unpaired) electrons. The van der Waals surface area contributed by atoms with Crippen LogP contribution in [-0.2, 0) is 9.53 Å². The van der Waals surface area contributed by atoms with Crippen LogP contribution in [-0.4, -0.2) is 71.4 Å². The molecule has 10 nitrogen and oxygen atoms in total. The molecule has 0 unspecified atom stereocenters. The topological polar surface area (TPSA) is 117 Å². The second-order valence-electron chi connectivity index (χ2n) is 10.4. The monoisotopic (exact) mass is 551 g/mol. The zero-order chi connectivity index (χ0) is 28.2. The number of benzene rings is 3. The van der Waals surface area contributed by atoms with Crippen LogP contribution in [0.4, 0.5) is 17.2 Å². The Bertz CT molecular complexity index is 1680. The van der Waals surface area contributed by atoms with Gasteiger partial charge in [0.05, 0.1) is 23.8 Å². The van der Waals surface area contributed by atoms with Gasteiger partial charge in [-0.3, -0.25) is 9.89 Å². The molecule has 41 heavy (non-hydrogen) atoms. The minimum absolute atomic E-state index is 0.0236. The Morgan fingerprint density at radius 3 is 2.76 bits per heavy atom. The zero-order valence-corrected chi connectivity index (χ0v) is 23.2. The van der Waals surface area contributed by atoms with E-state index in [9.17, 15) is 4.79 Å². The number of carbonyl (C=O) groups is 1. The molecular weight excluding hydrogens is 518 g/mol. The molecule has 1 amide bonds. The van der Waals surface area contributed by atoms with Crippen LogP contribution < -0.4 is 15.4 Å². The van der Waals surface area contributed by atoms with Crippen LogP contribution in [0.1, 0.15) is 12.8 Å². The molecule has 3 aromatic carbocycles. The average molecular weight is 552 g/mol. The molecule has 1 fully saturated rings. The van der Waals surface area contributed by atoms with Gasteiger partial charge in [-0.05, 0) is 81.5 Å². The summed E-state index contributed by atoms with van der Waals surface area (Å²) in [7, 11) is 3.74. The Kier molecular flexibility index (Phi) is 7.75. The van der Waals surface area contributed by atoms with Gasteiger partial charge in [0.2, 0.25) is 5.91 Å². The first-order valence-electron chi connectivity index (χ1n) is 13.8. The van der Waals surface area contributed by atoms with Gasteiger partial charge in [-0.15, -0.1) is 0 Å². The lowest BCUT2D eigenvalue weighted by molar-refractivity contribution is -0.121. The predicted octanol–water partition coefficient (Wildman–Crippen LogP) is 5.22. The molecule has 0 saturated carbocycles. The third-order valence-corrected chi connectivity index (χ3v) is 7.40. The molecule has 1 aliphatic heterocycles. The molecule has 2 aromatic heterocycles. The second kappa shape index (κ2) is 11.9. The molecular formula is C31H33N7O3. The number of fused-ring (bicyclic) bond motifs is 2. The molecule has 3 heterocycles. The Balaban J connectivity index is 1.33. The van der Waals surface area contributed by atoms with Crippen molar-refractivity contribution in [2.75, 3.05) is 51.1 Å². The number of ether oxygens (including phenoxy) is 2. The molecule has 210 valence electrons. The third kappa shape index (κ3) is 6.13. The molecule has 3 N–H and O–H groups in total. The summed E-state index contributed by atoms with van der Waals surface area (Å²) in [5, 5.41) is 15.5. The lowest BCUT2D eigenvalue weighted by atomic mass is 9.96. The Hall–Kier alpha value is -4.54. The number of H-pyrrole nitrogens is 1. The van der Waals surface area contributed by atoms with E-state index in [2.05, 4.69) is 32.8 Å². The number of rotatable bonds is 9. The minimum Gasteiger partial charge on any atom is -0.491 e. The summed E-state index contributed by atoms with van der Waals surface area (Å²) in [4.78, 5) is 25.0. The predicted molar refractivity (Wildman–Crippen MR) is 161 cm³/mol. The summed E-state index contributed by atoms with van der Waals surface area (Å²) in [5.74, 6) is 1.99. The number of methoxy groups -OCH3 is 1. The van der Waals surface area contributed by atoms with E-state index < -0.39 is 0 Å². The van der Waals surface area contributed by atoms with E-state index in [4.69, 9.17) is 19.4 Å². The van der Waals surface area contributed by atoms with Gasteiger partial charge in [0, 0.05) is 40.7 Å². The van der Waals surface area contributed by atoms with Crippen molar-refractivity contribution in [1.82, 2.24) is 25.1 Å². The van der Waals surface area contributed by atoms with Crippen molar-refractivity contribution in [3.63, 3.8) is 0 Å². The first-order chi connectivity index (χ1) is 20.1. The van der Waals surface area contributed by atoms with Crippen LogP contribution in [0.5, 0.6) is 5.75 Å². The van der Waals surface area contributed by atoms with Crippen molar-refractivity contribution in [3.05, 3.63) is 66.9 Å². The SMILES string of the molecule is COCCOc1ccc2nc(-c3cccc(NC(=O)C4CCN(C)CC4)c3)nc(Nc3ccc4[nH]ncc4c3)c2c1. The first kappa shape index (κ1) is 26.7. The Morgan fingerprint density at radius 1 is 1.02 bits per heavy atom. The van der Waals surface area contributed by atoms with Gasteiger partial charge >= 0.3 is 0 Å². The number of piperidine rings is 1. The number of nitrogens with one attached hydrogen (secondary N) is 3. The summed E-state index contributed by atoms with van der Waals surface area (Å²) < 4.78 is 11.0. The van der Waals surface area contributed by atoms with Crippen LogP contribution in [0.15, 0.2) is 66.9 Å². The van der Waals surface area contributed by atoms with Crippen molar-refractivity contribution < 1.29 is 14.3 Å². The molecule has 5 aromatic rings. The molecule has 0 bridgehead atoms. The second-order valence-corrected chi connectivity index (χ2v) is 10.4. The molecule has 6 rings (SSSR count). The van der Waals surface area contributed by atoms with E-state index >= 15 is 0 Å². The number of anilines is 3. The van der Waals surface area contributed by atoms with E-state index in [0.717, 1.165) is 64.7 Å². The normalized spacial score (nSPS) is 14.4. The maximum Gasteiger partial charge on any atom is 0.227 e. The van der Waals surface area contributed by atoms with Gasteiger partial charge in [0.1, 0.15) is 18.2 Å². The summed E-state index contributed by atoms with van der Waals surface area (Å²) in [6, 6.07) is 19.4. The van der Waals surface area contributed by atoms with Crippen molar-refractivity contribution in [2.24, 2.45) is 5.92 Å². The fraction of sp³-hybridized carbons (Fsp3) is 0.290. The van der Waals surface area contributed by atoms with Crippen molar-refractivity contribution >= 4 is 44.9 Å². The largest absolute Gasteiger partial charge is 0.491 e. The molecule has 0 aliphatic carbocycles. The highest BCUT2D eigenvalue weighted by molar-refractivity contribution is 5.95. The van der Waals surface area contributed by atoms with Crippen molar-refractivity contribution in [3.8, 4) is 17.1 Å². The van der Waals surface area contributed by atoms with Crippen molar-refractivity contribution in [2.45, 2.75) is 12.8 Å². The fourth-order valence-electron chi connectivity index (χ4n) is 5.07. The van der Waals surface area contributed by atoms with E-state index in [1.54, 1.807) is 13.3 Å².